The van der Waals surface area contributed by atoms with Crippen molar-refractivity contribution in [3.8, 4) is 0 Å². The lowest BCUT2D eigenvalue weighted by molar-refractivity contribution is -0.117. The number of likely N-dealkylation sites (N-methyl/N-ethyl adjacent to an activating group) is 1. The van der Waals surface area contributed by atoms with Gasteiger partial charge in [-0.05, 0) is 36.8 Å². The number of rotatable bonds is 6. The molecule has 0 N–H and O–H groups in total. The van der Waals surface area contributed by atoms with Gasteiger partial charge in [0.15, 0.2) is 0 Å². The number of anilines is 4. The summed E-state index contributed by atoms with van der Waals surface area (Å²) in [6.45, 7) is 1.96. The van der Waals surface area contributed by atoms with Crippen LogP contribution in [0.15, 0.2) is 60.7 Å². The van der Waals surface area contributed by atoms with Crippen LogP contribution in [0.5, 0.6) is 0 Å². The molecule has 1 aromatic heterocycles. The highest BCUT2D eigenvalue weighted by Gasteiger charge is 2.14. The van der Waals surface area contributed by atoms with Crippen molar-refractivity contribution in [2.24, 2.45) is 0 Å². The number of carbonyl (C=O) groups excluding carboxylic acids is 1. The summed E-state index contributed by atoms with van der Waals surface area (Å²) in [5.41, 5.74) is 3.72. The summed E-state index contributed by atoms with van der Waals surface area (Å²) in [7, 11) is 7.66. The van der Waals surface area contributed by atoms with Crippen molar-refractivity contribution >= 4 is 29.0 Å². The molecule has 0 saturated carbocycles. The molecule has 0 aliphatic rings. The van der Waals surface area contributed by atoms with Gasteiger partial charge in [-0.1, -0.05) is 30.3 Å². The third-order valence-electron chi connectivity index (χ3n) is 4.78. The van der Waals surface area contributed by atoms with Gasteiger partial charge in [0.25, 0.3) is 0 Å². The minimum atomic E-state index is 0.0509. The van der Waals surface area contributed by atoms with Crippen LogP contribution in [0.4, 0.5) is 23.1 Å². The van der Waals surface area contributed by atoms with E-state index in [1.54, 1.807) is 11.9 Å². The zero-order valence-electron chi connectivity index (χ0n) is 17.6. The van der Waals surface area contributed by atoms with Crippen LogP contribution in [0, 0.1) is 6.92 Å². The largest absolute Gasteiger partial charge is 0.363 e. The van der Waals surface area contributed by atoms with E-state index in [9.17, 15) is 4.79 Å². The van der Waals surface area contributed by atoms with Crippen molar-refractivity contribution in [1.29, 1.82) is 0 Å². The lowest BCUT2D eigenvalue weighted by Crippen LogP contribution is -2.27. The predicted molar refractivity (Wildman–Crippen MR) is 119 cm³/mol. The fourth-order valence-electron chi connectivity index (χ4n) is 2.96. The molecule has 3 rings (SSSR count). The van der Waals surface area contributed by atoms with Gasteiger partial charge in [-0.2, -0.15) is 4.98 Å². The van der Waals surface area contributed by atoms with Crippen molar-refractivity contribution in [3.63, 3.8) is 0 Å². The second-order valence-electron chi connectivity index (χ2n) is 7.25. The summed E-state index contributed by atoms with van der Waals surface area (Å²) in [6, 6.07) is 19.6. The second-order valence-corrected chi connectivity index (χ2v) is 7.25. The van der Waals surface area contributed by atoms with Gasteiger partial charge in [-0.25, -0.2) is 4.98 Å². The van der Waals surface area contributed by atoms with Crippen LogP contribution < -0.4 is 14.7 Å². The molecule has 29 heavy (non-hydrogen) atoms. The van der Waals surface area contributed by atoms with Crippen LogP contribution in [0.3, 0.4) is 0 Å². The van der Waals surface area contributed by atoms with Crippen LogP contribution in [0.2, 0.25) is 0 Å². The molecule has 0 fully saturated rings. The Bertz CT molecular complexity index is 970. The molecule has 0 saturated heterocycles. The molecule has 150 valence electrons. The number of hydrogen-bond donors (Lipinski definition) is 0. The molecule has 0 spiro atoms. The highest BCUT2D eigenvalue weighted by atomic mass is 16.2. The second kappa shape index (κ2) is 8.73. The first-order valence-corrected chi connectivity index (χ1v) is 9.52. The first-order chi connectivity index (χ1) is 13.8. The first-order valence-electron chi connectivity index (χ1n) is 9.52. The Balaban J connectivity index is 1.75. The number of amides is 1. The third kappa shape index (κ3) is 4.90. The highest BCUT2D eigenvalue weighted by molar-refractivity contribution is 5.94. The van der Waals surface area contributed by atoms with Crippen molar-refractivity contribution in [3.05, 3.63) is 71.9 Å². The monoisotopic (exact) mass is 389 g/mol. The molecule has 1 amide bonds. The summed E-state index contributed by atoms with van der Waals surface area (Å²) in [5.74, 6) is 1.55. The Labute approximate surface area is 172 Å². The Morgan fingerprint density at radius 2 is 1.48 bits per heavy atom. The van der Waals surface area contributed by atoms with Crippen LogP contribution in [0.1, 0.15) is 11.3 Å². The molecule has 0 bridgehead atoms. The third-order valence-corrected chi connectivity index (χ3v) is 4.78. The molecule has 1 heterocycles. The predicted octanol–water partition coefficient (Wildman–Crippen LogP) is 3.82. The van der Waals surface area contributed by atoms with Crippen LogP contribution in [-0.2, 0) is 11.2 Å². The summed E-state index contributed by atoms with van der Waals surface area (Å²) >= 11 is 0. The lowest BCUT2D eigenvalue weighted by Gasteiger charge is -2.22. The van der Waals surface area contributed by atoms with E-state index in [0.29, 0.717) is 12.4 Å². The van der Waals surface area contributed by atoms with Gasteiger partial charge in [-0.15, -0.1) is 0 Å². The molecule has 3 aromatic rings. The molecular weight excluding hydrogens is 362 g/mol. The number of nitrogens with zero attached hydrogens (tertiary/aromatic N) is 5. The molecule has 6 nitrogen and oxygen atoms in total. The topological polar surface area (TPSA) is 52.6 Å². The minimum absolute atomic E-state index is 0.0509. The molecule has 0 radical (unpaired) electrons. The fourth-order valence-corrected chi connectivity index (χ4v) is 2.96. The van der Waals surface area contributed by atoms with Crippen LogP contribution >= 0.6 is 0 Å². The molecule has 0 unspecified atom stereocenters. The van der Waals surface area contributed by atoms with Crippen LogP contribution in [-0.4, -0.2) is 44.1 Å². The van der Waals surface area contributed by atoms with Crippen molar-refractivity contribution < 1.29 is 4.79 Å². The Morgan fingerprint density at radius 3 is 2.10 bits per heavy atom. The Hall–Kier alpha value is -3.41. The molecule has 0 aliphatic carbocycles. The van der Waals surface area contributed by atoms with E-state index in [0.717, 1.165) is 28.5 Å². The molecule has 2 aromatic carbocycles. The fraction of sp³-hybridized carbons (Fsp3) is 0.261. The van der Waals surface area contributed by atoms with E-state index in [2.05, 4.69) is 9.97 Å². The number of hydrogen-bond acceptors (Lipinski definition) is 5. The van der Waals surface area contributed by atoms with Crippen molar-refractivity contribution in [1.82, 2.24) is 9.97 Å². The maximum atomic E-state index is 12.6. The lowest BCUT2D eigenvalue weighted by atomic mass is 10.1. The zero-order valence-corrected chi connectivity index (χ0v) is 17.6. The molecule has 0 atom stereocenters. The number of aryl methyl sites for hydroxylation is 1. The SMILES string of the molecule is Cc1cc(N(C)C)nc(N(C)c2ccc(N(C)C(=O)Cc3ccccc3)cc2)n1. The number of benzene rings is 2. The van der Waals surface area contributed by atoms with Gasteiger partial charge >= 0.3 is 0 Å². The summed E-state index contributed by atoms with van der Waals surface area (Å²) in [6.07, 6.45) is 0.378. The summed E-state index contributed by atoms with van der Waals surface area (Å²) in [4.78, 5) is 27.3. The van der Waals surface area contributed by atoms with E-state index < -0.39 is 0 Å². The van der Waals surface area contributed by atoms with Crippen molar-refractivity contribution in [2.75, 3.05) is 42.9 Å². The molecule has 0 aliphatic heterocycles. The minimum Gasteiger partial charge on any atom is -0.363 e. The van der Waals surface area contributed by atoms with E-state index in [-0.39, 0.29) is 5.91 Å². The first kappa shape index (κ1) is 20.3. The summed E-state index contributed by atoms with van der Waals surface area (Å²) < 4.78 is 0. The average molecular weight is 390 g/mol. The normalized spacial score (nSPS) is 10.5. The zero-order chi connectivity index (χ0) is 21.0. The molecular formula is C23H27N5O. The van der Waals surface area contributed by atoms with Crippen molar-refractivity contribution in [2.45, 2.75) is 13.3 Å². The number of aromatic nitrogens is 2. The molecule has 6 heteroatoms. The van der Waals surface area contributed by atoms with Gasteiger partial charge in [0.1, 0.15) is 5.82 Å². The highest BCUT2D eigenvalue weighted by Crippen LogP contribution is 2.25. The smallest absolute Gasteiger partial charge is 0.231 e. The Kier molecular flexibility index (Phi) is 6.12. The van der Waals surface area contributed by atoms with Gasteiger partial charge in [0.05, 0.1) is 6.42 Å². The van der Waals surface area contributed by atoms with E-state index in [1.165, 1.54) is 0 Å². The summed E-state index contributed by atoms with van der Waals surface area (Å²) in [5, 5.41) is 0. The number of carbonyl (C=O) groups is 1. The maximum Gasteiger partial charge on any atom is 0.231 e. The van der Waals surface area contributed by atoms with E-state index in [1.807, 2.05) is 98.5 Å². The van der Waals surface area contributed by atoms with E-state index >= 15 is 0 Å². The maximum absolute atomic E-state index is 12.6. The average Bonchev–Trinajstić information content (AvgIpc) is 2.73. The van der Waals surface area contributed by atoms with Gasteiger partial charge < -0.3 is 14.7 Å². The van der Waals surface area contributed by atoms with Gasteiger partial charge in [0.2, 0.25) is 11.9 Å². The Morgan fingerprint density at radius 1 is 0.862 bits per heavy atom. The van der Waals surface area contributed by atoms with E-state index in [4.69, 9.17) is 0 Å². The quantitative estimate of drug-likeness (QED) is 0.641. The van der Waals surface area contributed by atoms with Crippen LogP contribution in [0.25, 0.3) is 0 Å². The standard InChI is InChI=1S/C23H27N5O/c1-17-15-21(26(2)3)25-23(24-17)28(5)20-13-11-19(12-14-20)27(4)22(29)16-18-9-7-6-8-10-18/h6-15H,16H2,1-5H3. The van der Waals surface area contributed by atoms with Gasteiger partial charge in [-0.3, -0.25) is 4.79 Å². The van der Waals surface area contributed by atoms with Gasteiger partial charge in [0, 0.05) is 51.3 Å².